The highest BCUT2D eigenvalue weighted by Gasteiger charge is 2.30. The Hall–Kier alpha value is -1.86. The second kappa shape index (κ2) is 4.36. The Labute approximate surface area is 111 Å². The maximum atomic E-state index is 11.6. The van der Waals surface area contributed by atoms with Crippen molar-refractivity contribution in [3.63, 3.8) is 0 Å². The maximum Gasteiger partial charge on any atom is 0.280 e. The summed E-state index contributed by atoms with van der Waals surface area (Å²) < 4.78 is 23.9. The zero-order valence-electron chi connectivity index (χ0n) is 10.1. The fourth-order valence-corrected chi connectivity index (χ4v) is 3.14. The van der Waals surface area contributed by atoms with E-state index in [2.05, 4.69) is 10.7 Å². The molecule has 19 heavy (non-hydrogen) atoms. The molecular formula is C12H13N3O3S. The van der Waals surface area contributed by atoms with Crippen LogP contribution in [-0.2, 0) is 27.8 Å². The summed E-state index contributed by atoms with van der Waals surface area (Å²) in [5, 5.41) is 4.16. The Morgan fingerprint density at radius 1 is 1.26 bits per heavy atom. The number of carbonyl (C=O) groups is 1. The Bertz CT molecular complexity index is 667. The number of sulfonamides is 1. The van der Waals surface area contributed by atoms with Gasteiger partial charge in [0, 0.05) is 12.6 Å². The molecule has 0 aliphatic carbocycles. The average Bonchev–Trinajstić information content (AvgIpc) is 2.66. The second-order valence-corrected chi connectivity index (χ2v) is 6.14. The molecule has 2 N–H and O–H groups in total. The van der Waals surface area contributed by atoms with Crippen molar-refractivity contribution in [3.05, 3.63) is 40.8 Å². The molecule has 0 unspecified atom stereocenters. The van der Waals surface area contributed by atoms with Crippen LogP contribution in [0.25, 0.3) is 0 Å². The summed E-state index contributed by atoms with van der Waals surface area (Å²) in [4.78, 5) is 11.5. The zero-order chi connectivity index (χ0) is 13.5. The van der Waals surface area contributed by atoms with Crippen LogP contribution in [0.1, 0.15) is 11.1 Å². The van der Waals surface area contributed by atoms with Gasteiger partial charge in [-0.25, -0.2) is 0 Å². The van der Waals surface area contributed by atoms with Crippen LogP contribution < -0.4 is 10.7 Å². The first kappa shape index (κ1) is 12.2. The molecule has 7 heteroatoms. The van der Waals surface area contributed by atoms with E-state index < -0.39 is 15.9 Å². The molecule has 0 fully saturated rings. The van der Waals surface area contributed by atoms with E-state index in [1.807, 2.05) is 12.1 Å². The fourth-order valence-electron chi connectivity index (χ4n) is 2.18. The standard InChI is InChI=1S/C12H13N3O3S/c16-12-4-6-19(17,18)15(12)14-11-2-1-10-8-13-5-3-9(10)7-11/h1-2,4,6-7,13-14H,3,5,8H2. The van der Waals surface area contributed by atoms with Crippen molar-refractivity contribution >= 4 is 21.6 Å². The molecular weight excluding hydrogens is 266 g/mol. The third-order valence-electron chi connectivity index (χ3n) is 3.16. The number of amides is 1. The highest BCUT2D eigenvalue weighted by atomic mass is 32.2. The van der Waals surface area contributed by atoms with Gasteiger partial charge in [-0.05, 0) is 36.2 Å². The van der Waals surface area contributed by atoms with Crippen molar-refractivity contribution in [1.29, 1.82) is 0 Å². The van der Waals surface area contributed by atoms with Crippen molar-refractivity contribution in [1.82, 2.24) is 9.73 Å². The van der Waals surface area contributed by atoms with Crippen molar-refractivity contribution in [2.45, 2.75) is 13.0 Å². The van der Waals surface area contributed by atoms with Gasteiger partial charge in [-0.2, -0.15) is 8.42 Å². The van der Waals surface area contributed by atoms with Gasteiger partial charge in [-0.15, -0.1) is 4.41 Å². The zero-order valence-corrected chi connectivity index (χ0v) is 10.9. The molecule has 1 amide bonds. The summed E-state index contributed by atoms with van der Waals surface area (Å²) in [6.07, 6.45) is 1.93. The lowest BCUT2D eigenvalue weighted by molar-refractivity contribution is -0.120. The topological polar surface area (TPSA) is 78.5 Å². The third kappa shape index (κ3) is 2.22. The predicted octanol–water partition coefficient (Wildman–Crippen LogP) is 0.345. The molecule has 1 aromatic carbocycles. The predicted molar refractivity (Wildman–Crippen MR) is 70.4 cm³/mol. The van der Waals surface area contributed by atoms with Crippen LogP contribution in [-0.4, -0.2) is 25.3 Å². The Kier molecular flexibility index (Phi) is 2.79. The Morgan fingerprint density at radius 2 is 2.11 bits per heavy atom. The average molecular weight is 279 g/mol. The highest BCUT2D eigenvalue weighted by molar-refractivity contribution is 7.93. The van der Waals surface area contributed by atoms with Crippen LogP contribution in [0.5, 0.6) is 0 Å². The van der Waals surface area contributed by atoms with Crippen LogP contribution in [0.2, 0.25) is 0 Å². The van der Waals surface area contributed by atoms with Gasteiger partial charge in [0.2, 0.25) is 0 Å². The number of benzene rings is 1. The lowest BCUT2D eigenvalue weighted by Crippen LogP contribution is -2.35. The van der Waals surface area contributed by atoms with E-state index in [-0.39, 0.29) is 0 Å². The van der Waals surface area contributed by atoms with Crippen molar-refractivity contribution in [2.75, 3.05) is 12.0 Å². The molecule has 0 saturated heterocycles. The molecule has 0 atom stereocenters. The molecule has 1 aromatic rings. The van der Waals surface area contributed by atoms with Gasteiger partial charge in [0.05, 0.1) is 11.1 Å². The number of nitrogens with zero attached hydrogens (tertiary/aromatic N) is 1. The minimum Gasteiger partial charge on any atom is -0.312 e. The van der Waals surface area contributed by atoms with Gasteiger partial charge in [0.25, 0.3) is 15.9 Å². The van der Waals surface area contributed by atoms with Crippen LogP contribution in [0.3, 0.4) is 0 Å². The molecule has 0 bridgehead atoms. The number of fused-ring (bicyclic) bond motifs is 1. The number of hydrogen-bond acceptors (Lipinski definition) is 5. The number of carbonyl (C=O) groups excluding carboxylic acids is 1. The summed E-state index contributed by atoms with van der Waals surface area (Å²) >= 11 is 0. The second-order valence-electron chi connectivity index (χ2n) is 4.47. The summed E-state index contributed by atoms with van der Waals surface area (Å²) in [5.41, 5.74) is 5.61. The van der Waals surface area contributed by atoms with Crippen molar-refractivity contribution in [3.8, 4) is 0 Å². The van der Waals surface area contributed by atoms with Crippen LogP contribution in [0, 0.1) is 0 Å². The smallest absolute Gasteiger partial charge is 0.280 e. The highest BCUT2D eigenvalue weighted by Crippen LogP contribution is 2.21. The molecule has 6 nitrogen and oxygen atoms in total. The van der Waals surface area contributed by atoms with E-state index in [0.717, 1.165) is 31.0 Å². The monoisotopic (exact) mass is 279 g/mol. The first-order valence-corrected chi connectivity index (χ1v) is 7.43. The van der Waals surface area contributed by atoms with Gasteiger partial charge < -0.3 is 5.32 Å². The molecule has 0 radical (unpaired) electrons. The maximum absolute atomic E-state index is 11.6. The molecule has 3 rings (SSSR count). The number of hydrazine groups is 1. The summed E-state index contributed by atoms with van der Waals surface area (Å²) in [6, 6.07) is 5.59. The van der Waals surface area contributed by atoms with E-state index in [4.69, 9.17) is 0 Å². The molecule has 2 heterocycles. The van der Waals surface area contributed by atoms with Gasteiger partial charge >= 0.3 is 0 Å². The molecule has 2 aliphatic rings. The molecule has 2 aliphatic heterocycles. The SMILES string of the molecule is O=C1C=CS(=O)(=O)N1Nc1ccc2c(c1)CCNC2. The van der Waals surface area contributed by atoms with Gasteiger partial charge in [-0.3, -0.25) is 10.2 Å². The molecule has 0 spiro atoms. The molecule has 0 aromatic heterocycles. The minimum atomic E-state index is -3.68. The fraction of sp³-hybridized carbons (Fsp3) is 0.250. The van der Waals surface area contributed by atoms with Crippen LogP contribution in [0.15, 0.2) is 29.7 Å². The Morgan fingerprint density at radius 3 is 2.84 bits per heavy atom. The largest absolute Gasteiger partial charge is 0.312 e. The summed E-state index contributed by atoms with van der Waals surface area (Å²) in [7, 11) is -3.68. The van der Waals surface area contributed by atoms with E-state index in [1.165, 1.54) is 11.1 Å². The van der Waals surface area contributed by atoms with E-state index in [0.29, 0.717) is 10.1 Å². The summed E-state index contributed by atoms with van der Waals surface area (Å²) in [5.74, 6) is -0.584. The van der Waals surface area contributed by atoms with E-state index >= 15 is 0 Å². The van der Waals surface area contributed by atoms with Crippen LogP contribution in [0.4, 0.5) is 5.69 Å². The quantitative estimate of drug-likeness (QED) is 0.816. The van der Waals surface area contributed by atoms with Crippen molar-refractivity contribution in [2.24, 2.45) is 0 Å². The first-order chi connectivity index (χ1) is 9.06. The van der Waals surface area contributed by atoms with Gasteiger partial charge in [0.1, 0.15) is 0 Å². The number of hydrogen-bond donors (Lipinski definition) is 2. The van der Waals surface area contributed by atoms with Crippen molar-refractivity contribution < 1.29 is 13.2 Å². The molecule has 0 saturated carbocycles. The minimum absolute atomic E-state index is 0.584. The Balaban J connectivity index is 1.86. The normalized spacial score (nSPS) is 20.4. The number of rotatable bonds is 2. The summed E-state index contributed by atoms with van der Waals surface area (Å²) in [6.45, 7) is 1.72. The van der Waals surface area contributed by atoms with E-state index in [1.54, 1.807) is 6.07 Å². The third-order valence-corrected chi connectivity index (χ3v) is 4.42. The van der Waals surface area contributed by atoms with Gasteiger partial charge in [0.15, 0.2) is 0 Å². The van der Waals surface area contributed by atoms with Crippen LogP contribution >= 0.6 is 0 Å². The first-order valence-electron chi connectivity index (χ1n) is 5.93. The van der Waals surface area contributed by atoms with Gasteiger partial charge in [-0.1, -0.05) is 6.07 Å². The molecule has 100 valence electrons. The lowest BCUT2D eigenvalue weighted by atomic mass is 10.0. The van der Waals surface area contributed by atoms with E-state index in [9.17, 15) is 13.2 Å². The number of anilines is 1. The lowest BCUT2D eigenvalue weighted by Gasteiger charge is -2.21. The number of nitrogens with one attached hydrogen (secondary N) is 2.